The summed E-state index contributed by atoms with van der Waals surface area (Å²) >= 11 is 0. The lowest BCUT2D eigenvalue weighted by atomic mass is 10.2. The molecule has 0 aromatic carbocycles. The summed E-state index contributed by atoms with van der Waals surface area (Å²) in [6.45, 7) is 8.74. The normalized spacial score (nSPS) is 11.2. The summed E-state index contributed by atoms with van der Waals surface area (Å²) in [7, 11) is 0. The maximum Gasteiger partial charge on any atom is 0.0521 e. The quantitative estimate of drug-likeness (QED) is 0.699. The maximum atomic E-state index is 4.33. The van der Waals surface area contributed by atoms with E-state index in [2.05, 4.69) is 37.4 Å². The molecule has 1 aromatic heterocycles. The van der Waals surface area contributed by atoms with E-state index >= 15 is 0 Å². The van der Waals surface area contributed by atoms with Crippen molar-refractivity contribution in [3.05, 3.63) is 18.0 Å². The molecule has 0 fully saturated rings. The van der Waals surface area contributed by atoms with Gasteiger partial charge in [0.15, 0.2) is 0 Å². The van der Waals surface area contributed by atoms with Crippen LogP contribution in [0.4, 0.5) is 0 Å². The Morgan fingerprint density at radius 1 is 1.40 bits per heavy atom. The van der Waals surface area contributed by atoms with Gasteiger partial charge in [-0.25, -0.2) is 0 Å². The van der Waals surface area contributed by atoms with Crippen LogP contribution in [-0.4, -0.2) is 22.9 Å². The standard InChI is InChI=1S/C12H23N3/c1-4-7-13-8-5-6-12-9-14-15(10-12)11(2)3/h9-11,13H,4-8H2,1-3H3. The van der Waals surface area contributed by atoms with E-state index in [1.807, 2.05) is 10.9 Å². The summed E-state index contributed by atoms with van der Waals surface area (Å²) in [5.74, 6) is 0. The molecule has 0 aliphatic carbocycles. The van der Waals surface area contributed by atoms with Gasteiger partial charge >= 0.3 is 0 Å². The second kappa shape index (κ2) is 6.62. The molecule has 1 N–H and O–H groups in total. The van der Waals surface area contributed by atoms with Crippen LogP contribution in [0.25, 0.3) is 0 Å². The van der Waals surface area contributed by atoms with Crippen LogP contribution >= 0.6 is 0 Å². The van der Waals surface area contributed by atoms with Crippen molar-refractivity contribution in [1.29, 1.82) is 0 Å². The molecule has 15 heavy (non-hydrogen) atoms. The third kappa shape index (κ3) is 4.47. The first kappa shape index (κ1) is 12.2. The Morgan fingerprint density at radius 3 is 2.80 bits per heavy atom. The van der Waals surface area contributed by atoms with E-state index in [1.54, 1.807) is 0 Å². The second-order valence-corrected chi connectivity index (χ2v) is 4.28. The molecule has 0 radical (unpaired) electrons. The van der Waals surface area contributed by atoms with Crippen LogP contribution in [-0.2, 0) is 6.42 Å². The molecule has 1 heterocycles. The molecule has 0 saturated carbocycles. The predicted molar refractivity (Wildman–Crippen MR) is 64.1 cm³/mol. The molecule has 0 spiro atoms. The lowest BCUT2D eigenvalue weighted by Crippen LogP contribution is -2.16. The van der Waals surface area contributed by atoms with E-state index in [0.29, 0.717) is 6.04 Å². The van der Waals surface area contributed by atoms with Gasteiger partial charge in [0.25, 0.3) is 0 Å². The van der Waals surface area contributed by atoms with Crippen LogP contribution < -0.4 is 5.32 Å². The predicted octanol–water partition coefficient (Wildman–Crippen LogP) is 2.40. The fourth-order valence-corrected chi connectivity index (χ4v) is 1.51. The van der Waals surface area contributed by atoms with Crippen LogP contribution in [0.15, 0.2) is 12.4 Å². The van der Waals surface area contributed by atoms with E-state index in [4.69, 9.17) is 0 Å². The fourth-order valence-electron chi connectivity index (χ4n) is 1.51. The zero-order valence-electron chi connectivity index (χ0n) is 10.2. The summed E-state index contributed by atoms with van der Waals surface area (Å²) in [4.78, 5) is 0. The minimum atomic E-state index is 0.469. The Labute approximate surface area is 92.9 Å². The average Bonchev–Trinajstić information content (AvgIpc) is 2.66. The first-order valence-corrected chi connectivity index (χ1v) is 5.97. The van der Waals surface area contributed by atoms with Gasteiger partial charge in [-0.05, 0) is 51.8 Å². The summed E-state index contributed by atoms with van der Waals surface area (Å²) in [5.41, 5.74) is 1.35. The molecule has 0 atom stereocenters. The Balaban J connectivity index is 2.20. The number of aromatic nitrogens is 2. The Hall–Kier alpha value is -0.830. The topological polar surface area (TPSA) is 29.9 Å². The number of hydrogen-bond donors (Lipinski definition) is 1. The molecule has 3 heteroatoms. The van der Waals surface area contributed by atoms with Gasteiger partial charge in [0.1, 0.15) is 0 Å². The van der Waals surface area contributed by atoms with Gasteiger partial charge in [0, 0.05) is 12.2 Å². The number of aryl methyl sites for hydroxylation is 1. The number of rotatable bonds is 7. The first-order valence-electron chi connectivity index (χ1n) is 5.97. The van der Waals surface area contributed by atoms with Crippen molar-refractivity contribution in [2.75, 3.05) is 13.1 Å². The third-order valence-electron chi connectivity index (χ3n) is 2.43. The van der Waals surface area contributed by atoms with Gasteiger partial charge < -0.3 is 5.32 Å². The molecule has 0 aliphatic heterocycles. The van der Waals surface area contributed by atoms with Crippen LogP contribution in [0, 0.1) is 0 Å². The molecule has 0 unspecified atom stereocenters. The van der Waals surface area contributed by atoms with E-state index in [0.717, 1.165) is 19.5 Å². The average molecular weight is 209 g/mol. The van der Waals surface area contributed by atoms with Crippen molar-refractivity contribution < 1.29 is 0 Å². The number of nitrogens with one attached hydrogen (secondary N) is 1. The van der Waals surface area contributed by atoms with Crippen molar-refractivity contribution in [2.24, 2.45) is 0 Å². The third-order valence-corrected chi connectivity index (χ3v) is 2.43. The van der Waals surface area contributed by atoms with E-state index in [1.165, 1.54) is 18.4 Å². The van der Waals surface area contributed by atoms with Crippen molar-refractivity contribution >= 4 is 0 Å². The van der Waals surface area contributed by atoms with Gasteiger partial charge in [0.2, 0.25) is 0 Å². The zero-order valence-corrected chi connectivity index (χ0v) is 10.2. The monoisotopic (exact) mass is 209 g/mol. The van der Waals surface area contributed by atoms with Crippen LogP contribution in [0.1, 0.15) is 45.2 Å². The van der Waals surface area contributed by atoms with Crippen LogP contribution in [0.5, 0.6) is 0 Å². The van der Waals surface area contributed by atoms with Gasteiger partial charge in [-0.1, -0.05) is 6.92 Å². The second-order valence-electron chi connectivity index (χ2n) is 4.28. The molecule has 1 rings (SSSR count). The molecular formula is C12H23N3. The highest BCUT2D eigenvalue weighted by molar-refractivity contribution is 5.04. The van der Waals surface area contributed by atoms with Crippen LogP contribution in [0.2, 0.25) is 0 Å². The summed E-state index contributed by atoms with van der Waals surface area (Å²) in [6, 6.07) is 0.469. The Kier molecular flexibility index (Phi) is 5.40. The first-order chi connectivity index (χ1) is 7.24. The molecule has 3 nitrogen and oxygen atoms in total. The molecule has 0 bridgehead atoms. The van der Waals surface area contributed by atoms with Gasteiger partial charge in [-0.15, -0.1) is 0 Å². The fraction of sp³-hybridized carbons (Fsp3) is 0.750. The van der Waals surface area contributed by atoms with Crippen molar-refractivity contribution in [2.45, 2.75) is 46.1 Å². The number of nitrogens with zero attached hydrogens (tertiary/aromatic N) is 2. The van der Waals surface area contributed by atoms with Gasteiger partial charge in [-0.3, -0.25) is 4.68 Å². The smallest absolute Gasteiger partial charge is 0.0521 e. The summed E-state index contributed by atoms with van der Waals surface area (Å²) in [6.07, 6.45) is 7.68. The van der Waals surface area contributed by atoms with Gasteiger partial charge in [-0.2, -0.15) is 5.10 Å². The Bertz CT molecular complexity index is 266. The number of hydrogen-bond acceptors (Lipinski definition) is 2. The molecule has 1 aromatic rings. The van der Waals surface area contributed by atoms with E-state index in [9.17, 15) is 0 Å². The Morgan fingerprint density at radius 2 is 2.20 bits per heavy atom. The highest BCUT2D eigenvalue weighted by atomic mass is 15.3. The molecule has 0 amide bonds. The molecule has 86 valence electrons. The van der Waals surface area contributed by atoms with Gasteiger partial charge in [0.05, 0.1) is 6.20 Å². The maximum absolute atomic E-state index is 4.33. The molecule has 0 saturated heterocycles. The zero-order chi connectivity index (χ0) is 11.1. The summed E-state index contributed by atoms with van der Waals surface area (Å²) in [5, 5.41) is 7.73. The lowest BCUT2D eigenvalue weighted by Gasteiger charge is -2.03. The summed E-state index contributed by atoms with van der Waals surface area (Å²) < 4.78 is 2.02. The SMILES string of the molecule is CCCNCCCc1cnn(C(C)C)c1. The van der Waals surface area contributed by atoms with Crippen LogP contribution in [0.3, 0.4) is 0 Å². The van der Waals surface area contributed by atoms with E-state index < -0.39 is 0 Å². The lowest BCUT2D eigenvalue weighted by molar-refractivity contribution is 0.532. The molecular weight excluding hydrogens is 186 g/mol. The molecule has 0 aliphatic rings. The van der Waals surface area contributed by atoms with E-state index in [-0.39, 0.29) is 0 Å². The van der Waals surface area contributed by atoms with Crippen molar-refractivity contribution in [1.82, 2.24) is 15.1 Å². The largest absolute Gasteiger partial charge is 0.317 e. The van der Waals surface area contributed by atoms with Crippen molar-refractivity contribution in [3.63, 3.8) is 0 Å². The highest BCUT2D eigenvalue weighted by Crippen LogP contribution is 2.06. The van der Waals surface area contributed by atoms with Crippen molar-refractivity contribution in [3.8, 4) is 0 Å². The highest BCUT2D eigenvalue weighted by Gasteiger charge is 2.00. The minimum Gasteiger partial charge on any atom is -0.317 e. The minimum absolute atomic E-state index is 0.469.